The van der Waals surface area contributed by atoms with Crippen LogP contribution in [0.25, 0.3) is 0 Å². The number of benzene rings is 1. The minimum atomic E-state index is -3.86. The Morgan fingerprint density at radius 3 is 2.72 bits per heavy atom. The molecule has 2 heterocycles. The average Bonchev–Trinajstić information content (AvgIpc) is 3.36. The summed E-state index contributed by atoms with van der Waals surface area (Å²) in [6.45, 7) is 2.34. The molecule has 0 bridgehead atoms. The van der Waals surface area contributed by atoms with Gasteiger partial charge in [-0.1, -0.05) is 0 Å². The summed E-state index contributed by atoms with van der Waals surface area (Å²) in [7, 11) is -0.932. The first-order valence-electron chi connectivity index (χ1n) is 8.87. The molecule has 8 nitrogen and oxygen atoms in total. The second-order valence-corrected chi connectivity index (χ2v) is 10.3. The Labute approximate surface area is 178 Å². The maximum atomic E-state index is 13.1. The van der Waals surface area contributed by atoms with E-state index in [0.29, 0.717) is 30.2 Å². The van der Waals surface area contributed by atoms with Gasteiger partial charge in [0.2, 0.25) is 15.9 Å². The normalized spacial score (nSPS) is 17.3. The zero-order valence-electron chi connectivity index (χ0n) is 16.4. The number of aromatic nitrogens is 1. The van der Waals surface area contributed by atoms with Crippen LogP contribution in [0, 0.1) is 6.92 Å². The van der Waals surface area contributed by atoms with Crippen molar-refractivity contribution in [2.24, 2.45) is 0 Å². The van der Waals surface area contributed by atoms with E-state index in [2.05, 4.69) is 10.3 Å². The average molecular weight is 458 g/mol. The van der Waals surface area contributed by atoms with E-state index in [4.69, 9.17) is 9.47 Å². The summed E-state index contributed by atoms with van der Waals surface area (Å²) in [5, 5.41) is 5.77. The van der Waals surface area contributed by atoms with Crippen LogP contribution in [0.1, 0.15) is 10.7 Å². The number of thiazole rings is 1. The maximum Gasteiger partial charge on any atom is 0.244 e. The Bertz CT molecular complexity index is 977. The van der Waals surface area contributed by atoms with Crippen LogP contribution in [0.5, 0.6) is 11.5 Å². The Balaban J connectivity index is 1.70. The molecule has 1 unspecified atom stereocenters. The van der Waals surface area contributed by atoms with Crippen molar-refractivity contribution in [2.75, 3.05) is 32.4 Å². The zero-order chi connectivity index (χ0) is 21.0. The summed E-state index contributed by atoms with van der Waals surface area (Å²) in [5.74, 6) is 1.09. The van der Waals surface area contributed by atoms with Crippen LogP contribution in [0.3, 0.4) is 0 Å². The van der Waals surface area contributed by atoms with Crippen molar-refractivity contribution in [2.45, 2.75) is 24.3 Å². The van der Waals surface area contributed by atoms with Gasteiger partial charge in [-0.15, -0.1) is 23.1 Å². The first kappa shape index (κ1) is 21.9. The first-order chi connectivity index (χ1) is 13.9. The molecule has 0 aliphatic carbocycles. The molecule has 1 aromatic carbocycles. The number of hydrogen-bond acceptors (Lipinski definition) is 8. The first-order valence-corrected chi connectivity index (χ1v) is 12.3. The second kappa shape index (κ2) is 9.33. The molecule has 2 aromatic rings. The van der Waals surface area contributed by atoms with Gasteiger partial charge < -0.3 is 14.8 Å². The highest BCUT2D eigenvalue weighted by molar-refractivity contribution is 8.00. The van der Waals surface area contributed by atoms with E-state index < -0.39 is 16.1 Å². The number of aryl methyl sites for hydroxylation is 1. The summed E-state index contributed by atoms with van der Waals surface area (Å²) in [4.78, 5) is 17.1. The number of rotatable bonds is 8. The molecule has 29 heavy (non-hydrogen) atoms. The van der Waals surface area contributed by atoms with Gasteiger partial charge in [0, 0.05) is 30.2 Å². The molecule has 1 atom stereocenters. The molecule has 0 saturated carbocycles. The van der Waals surface area contributed by atoms with Gasteiger partial charge in [-0.3, -0.25) is 4.79 Å². The Morgan fingerprint density at radius 1 is 1.31 bits per heavy atom. The van der Waals surface area contributed by atoms with Gasteiger partial charge >= 0.3 is 0 Å². The zero-order valence-corrected chi connectivity index (χ0v) is 18.8. The Kier molecular flexibility index (Phi) is 7.04. The lowest BCUT2D eigenvalue weighted by atomic mass is 10.3. The van der Waals surface area contributed by atoms with E-state index in [1.807, 2.05) is 12.3 Å². The van der Waals surface area contributed by atoms with Gasteiger partial charge in [0.1, 0.15) is 6.04 Å². The van der Waals surface area contributed by atoms with Crippen LogP contribution in [-0.4, -0.2) is 62.1 Å². The molecule has 1 saturated heterocycles. The van der Waals surface area contributed by atoms with Gasteiger partial charge in [-0.25, -0.2) is 13.4 Å². The molecule has 0 radical (unpaired) electrons. The second-order valence-electron chi connectivity index (χ2n) is 6.32. The number of carbonyl (C=O) groups is 1. The fraction of sp³-hybridized carbons (Fsp3) is 0.444. The molecule has 1 N–H and O–H groups in total. The SMILES string of the molecule is COc1ccc(S(=O)(=O)N2CSCC2C(=O)NCCc2csc(C)n2)cc1OC. The van der Waals surface area contributed by atoms with E-state index in [0.717, 1.165) is 10.7 Å². The van der Waals surface area contributed by atoms with Gasteiger partial charge in [-0.2, -0.15) is 4.31 Å². The van der Waals surface area contributed by atoms with Gasteiger partial charge in [-0.05, 0) is 19.1 Å². The maximum absolute atomic E-state index is 13.1. The molecule has 0 spiro atoms. The minimum absolute atomic E-state index is 0.0633. The van der Waals surface area contributed by atoms with Crippen molar-refractivity contribution in [1.82, 2.24) is 14.6 Å². The number of ether oxygens (including phenoxy) is 2. The molecular formula is C18H23N3O5S3. The molecule has 1 amide bonds. The molecule has 1 aliphatic heterocycles. The lowest BCUT2D eigenvalue weighted by Gasteiger charge is -2.23. The van der Waals surface area contributed by atoms with Crippen molar-refractivity contribution < 1.29 is 22.7 Å². The van der Waals surface area contributed by atoms with Crippen molar-refractivity contribution in [1.29, 1.82) is 0 Å². The van der Waals surface area contributed by atoms with Crippen LogP contribution in [-0.2, 0) is 21.2 Å². The smallest absolute Gasteiger partial charge is 0.244 e. The predicted molar refractivity (Wildman–Crippen MR) is 113 cm³/mol. The van der Waals surface area contributed by atoms with Crippen molar-refractivity contribution in [3.8, 4) is 11.5 Å². The number of methoxy groups -OCH3 is 2. The molecule has 1 fully saturated rings. The molecular weight excluding hydrogens is 434 g/mol. The topological polar surface area (TPSA) is 97.8 Å². The van der Waals surface area contributed by atoms with E-state index in [9.17, 15) is 13.2 Å². The largest absolute Gasteiger partial charge is 0.493 e. The number of sulfonamides is 1. The van der Waals surface area contributed by atoms with Gasteiger partial charge in [0.05, 0.1) is 35.7 Å². The predicted octanol–water partition coefficient (Wildman–Crippen LogP) is 1.89. The molecule has 158 valence electrons. The fourth-order valence-electron chi connectivity index (χ4n) is 2.94. The summed E-state index contributed by atoms with van der Waals surface area (Å²) in [6, 6.07) is 3.66. The molecule has 1 aromatic heterocycles. The molecule has 11 heteroatoms. The number of hydrogen-bond donors (Lipinski definition) is 1. The standard InChI is InChI=1S/C18H23N3O5S3/c1-12-20-13(9-28-12)6-7-19-18(22)15-10-27-11-21(15)29(23,24)14-4-5-16(25-2)17(8-14)26-3/h4-5,8-9,15H,6-7,10-11H2,1-3H3,(H,19,22). The van der Waals surface area contributed by atoms with E-state index >= 15 is 0 Å². The van der Waals surface area contributed by atoms with Crippen molar-refractivity contribution in [3.05, 3.63) is 34.3 Å². The van der Waals surface area contributed by atoms with Crippen LogP contribution < -0.4 is 14.8 Å². The lowest BCUT2D eigenvalue weighted by molar-refractivity contribution is -0.123. The third kappa shape index (κ3) is 4.85. The monoisotopic (exact) mass is 457 g/mol. The highest BCUT2D eigenvalue weighted by Crippen LogP contribution is 2.33. The number of carbonyl (C=O) groups excluding carboxylic acids is 1. The van der Waals surface area contributed by atoms with Crippen LogP contribution in [0.15, 0.2) is 28.5 Å². The summed E-state index contributed by atoms with van der Waals surface area (Å²) in [6.07, 6.45) is 0.609. The number of nitrogens with zero attached hydrogens (tertiary/aromatic N) is 2. The Hall–Kier alpha value is -1.82. The third-order valence-corrected chi connectivity index (χ3v) is 8.30. The van der Waals surface area contributed by atoms with Crippen molar-refractivity contribution in [3.63, 3.8) is 0 Å². The number of amides is 1. The minimum Gasteiger partial charge on any atom is -0.493 e. The highest BCUT2D eigenvalue weighted by Gasteiger charge is 2.40. The van der Waals surface area contributed by atoms with E-state index in [-0.39, 0.29) is 16.7 Å². The number of nitrogens with one attached hydrogen (secondary N) is 1. The van der Waals surface area contributed by atoms with Gasteiger partial charge in [0.15, 0.2) is 11.5 Å². The van der Waals surface area contributed by atoms with Crippen LogP contribution >= 0.6 is 23.1 Å². The van der Waals surface area contributed by atoms with Crippen LogP contribution in [0.4, 0.5) is 0 Å². The molecule has 3 rings (SSSR count). The summed E-state index contributed by atoms with van der Waals surface area (Å²) < 4.78 is 37.9. The van der Waals surface area contributed by atoms with Crippen LogP contribution in [0.2, 0.25) is 0 Å². The van der Waals surface area contributed by atoms with Crippen molar-refractivity contribution >= 4 is 39.0 Å². The quantitative estimate of drug-likeness (QED) is 0.646. The van der Waals surface area contributed by atoms with Gasteiger partial charge in [0.25, 0.3) is 0 Å². The van der Waals surface area contributed by atoms with E-state index in [1.165, 1.54) is 42.4 Å². The highest BCUT2D eigenvalue weighted by atomic mass is 32.2. The summed E-state index contributed by atoms with van der Waals surface area (Å²) in [5.41, 5.74) is 0.920. The number of thioether (sulfide) groups is 1. The van der Waals surface area contributed by atoms with E-state index in [1.54, 1.807) is 17.4 Å². The fourth-order valence-corrected chi connectivity index (χ4v) is 6.75. The third-order valence-electron chi connectivity index (χ3n) is 4.45. The Morgan fingerprint density at radius 2 is 2.07 bits per heavy atom. The molecule has 1 aliphatic rings. The summed E-state index contributed by atoms with van der Waals surface area (Å²) >= 11 is 2.97. The lowest BCUT2D eigenvalue weighted by Crippen LogP contribution is -2.47.